The van der Waals surface area contributed by atoms with Crippen LogP contribution in [0.4, 0.5) is 4.39 Å². The molecule has 0 unspecified atom stereocenters. The van der Waals surface area contributed by atoms with Crippen molar-refractivity contribution in [2.45, 2.75) is 45.6 Å². The number of pyridine rings is 1. The van der Waals surface area contributed by atoms with Gasteiger partial charge in [0.1, 0.15) is 17.2 Å². The van der Waals surface area contributed by atoms with Crippen molar-refractivity contribution in [3.05, 3.63) is 66.1 Å². The number of hydrogen-bond acceptors (Lipinski definition) is 5. The molecule has 1 aliphatic rings. The third kappa shape index (κ3) is 4.84. The molecule has 0 atom stereocenters. The van der Waals surface area contributed by atoms with Gasteiger partial charge in [-0.3, -0.25) is 5.10 Å². The quantitative estimate of drug-likeness (QED) is 0.411. The molecule has 4 heterocycles. The third-order valence-electron chi connectivity index (χ3n) is 6.37. The average Bonchev–Trinajstić information content (AvgIpc) is 3.59. The number of aromatic nitrogens is 7. The normalized spacial score (nSPS) is 14.4. The highest BCUT2D eigenvalue weighted by atomic mass is 19.1. The van der Waals surface area contributed by atoms with E-state index in [-0.39, 0.29) is 5.82 Å². The van der Waals surface area contributed by atoms with Crippen molar-refractivity contribution in [2.75, 3.05) is 6.54 Å². The summed E-state index contributed by atoms with van der Waals surface area (Å²) in [5.74, 6) is 0.519. The molecular weight excluding hydrogens is 431 g/mol. The van der Waals surface area contributed by atoms with Crippen LogP contribution in [0.2, 0.25) is 0 Å². The fourth-order valence-corrected chi connectivity index (χ4v) is 4.55. The highest BCUT2D eigenvalue weighted by Crippen LogP contribution is 2.27. The van der Waals surface area contributed by atoms with Crippen molar-refractivity contribution >= 4 is 16.6 Å². The zero-order valence-electron chi connectivity index (χ0n) is 19.3. The molecule has 3 N–H and O–H groups in total. The fraction of sp³-hybridized carbons (Fsp3) is 0.360. The van der Waals surface area contributed by atoms with Crippen LogP contribution in [0, 0.1) is 18.7 Å². The van der Waals surface area contributed by atoms with Gasteiger partial charge in [0.05, 0.1) is 30.1 Å². The summed E-state index contributed by atoms with van der Waals surface area (Å²) in [4.78, 5) is 4.59. The summed E-state index contributed by atoms with van der Waals surface area (Å²) >= 11 is 0. The molecule has 34 heavy (non-hydrogen) atoms. The number of nitrogens with one attached hydrogen (secondary N) is 1. The van der Waals surface area contributed by atoms with E-state index in [1.807, 2.05) is 35.9 Å². The van der Waals surface area contributed by atoms with Gasteiger partial charge in [-0.05, 0) is 56.0 Å². The molecule has 1 aliphatic carbocycles. The molecule has 1 fully saturated rings. The van der Waals surface area contributed by atoms with E-state index in [1.165, 1.54) is 49.8 Å². The lowest BCUT2D eigenvalue weighted by molar-refractivity contribution is 0.366. The van der Waals surface area contributed by atoms with Gasteiger partial charge in [0.15, 0.2) is 0 Å². The molecular formula is C25H29FN8. The zero-order valence-corrected chi connectivity index (χ0v) is 19.3. The maximum atomic E-state index is 13.8. The van der Waals surface area contributed by atoms with Gasteiger partial charge in [-0.1, -0.05) is 30.5 Å². The van der Waals surface area contributed by atoms with Gasteiger partial charge in [-0.15, -0.1) is 5.10 Å². The summed E-state index contributed by atoms with van der Waals surface area (Å²) in [6.45, 7) is 3.44. The monoisotopic (exact) mass is 460 g/mol. The number of imidazole rings is 1. The first-order chi connectivity index (χ1) is 16.6. The number of halogens is 1. The molecule has 0 aliphatic heterocycles. The van der Waals surface area contributed by atoms with E-state index in [4.69, 9.17) is 5.73 Å². The molecule has 9 heteroatoms. The number of benzene rings is 1. The Morgan fingerprint density at radius 2 is 1.97 bits per heavy atom. The number of nitrogens with two attached hydrogens (primary N) is 1. The molecule has 1 aromatic carbocycles. The highest BCUT2D eigenvalue weighted by molar-refractivity contribution is 5.93. The first-order valence-corrected chi connectivity index (χ1v) is 11.8. The molecule has 1 saturated carbocycles. The maximum absolute atomic E-state index is 13.8. The van der Waals surface area contributed by atoms with Crippen molar-refractivity contribution in [3.8, 4) is 11.3 Å². The van der Waals surface area contributed by atoms with Gasteiger partial charge in [-0.2, -0.15) is 5.10 Å². The van der Waals surface area contributed by atoms with Crippen molar-refractivity contribution in [1.82, 2.24) is 34.6 Å². The van der Waals surface area contributed by atoms with E-state index in [0.717, 1.165) is 29.2 Å². The number of H-pyrrole nitrogens is 1. The fourth-order valence-electron chi connectivity index (χ4n) is 4.55. The van der Waals surface area contributed by atoms with Crippen molar-refractivity contribution in [2.24, 2.45) is 11.7 Å². The van der Waals surface area contributed by atoms with Gasteiger partial charge in [0, 0.05) is 23.3 Å². The average molecular weight is 461 g/mol. The molecule has 0 saturated heterocycles. The molecule has 8 nitrogen and oxygen atoms in total. The molecule has 6 rings (SSSR count). The Hall–Kier alpha value is -3.59. The predicted molar refractivity (Wildman–Crippen MR) is 130 cm³/mol. The lowest BCUT2D eigenvalue weighted by Crippen LogP contribution is -2.16. The summed E-state index contributed by atoms with van der Waals surface area (Å²) in [6, 6.07) is 6.86. The lowest BCUT2D eigenvalue weighted by Gasteiger charge is -2.18. The van der Waals surface area contributed by atoms with Crippen molar-refractivity contribution in [3.63, 3.8) is 0 Å². The highest BCUT2D eigenvalue weighted by Gasteiger charge is 2.13. The van der Waals surface area contributed by atoms with Crippen LogP contribution in [0.15, 0.2) is 49.1 Å². The van der Waals surface area contributed by atoms with Crippen LogP contribution in [0.5, 0.6) is 0 Å². The maximum Gasteiger partial charge on any atom is 0.137 e. The molecule has 0 spiro atoms. The largest absolute Gasteiger partial charge is 0.330 e. The predicted octanol–water partition coefficient (Wildman–Crippen LogP) is 4.49. The Balaban J connectivity index is 0.000000257. The molecule has 0 amide bonds. The summed E-state index contributed by atoms with van der Waals surface area (Å²) in [5.41, 5.74) is 10.3. The number of aryl methyl sites for hydroxylation is 1. The van der Waals surface area contributed by atoms with Crippen LogP contribution >= 0.6 is 0 Å². The Morgan fingerprint density at radius 3 is 2.76 bits per heavy atom. The lowest BCUT2D eigenvalue weighted by atomic mass is 9.90. The SMILES string of the molecule is Cc1ccc2nc(Cn3cc(-c4cc(F)cc5[nH]ncc45)nn3)cn2c1.NCC1CCCCC1. The minimum absolute atomic E-state index is 0.345. The van der Waals surface area contributed by atoms with E-state index in [2.05, 4.69) is 25.5 Å². The topological polar surface area (TPSA) is 103 Å². The number of rotatable bonds is 4. The molecule has 0 radical (unpaired) electrons. The van der Waals surface area contributed by atoms with E-state index in [1.54, 1.807) is 17.1 Å². The Morgan fingerprint density at radius 1 is 1.12 bits per heavy atom. The van der Waals surface area contributed by atoms with Crippen molar-refractivity contribution in [1.29, 1.82) is 0 Å². The number of hydrogen-bond donors (Lipinski definition) is 2. The van der Waals surface area contributed by atoms with Crippen LogP contribution in [0.1, 0.15) is 43.4 Å². The zero-order chi connectivity index (χ0) is 23.5. The first kappa shape index (κ1) is 22.2. The second-order valence-electron chi connectivity index (χ2n) is 9.03. The second kappa shape index (κ2) is 9.72. The second-order valence-corrected chi connectivity index (χ2v) is 9.03. The minimum atomic E-state index is -0.345. The molecule has 5 aromatic rings. The number of fused-ring (bicyclic) bond motifs is 2. The van der Waals surface area contributed by atoms with Gasteiger partial charge in [0.25, 0.3) is 0 Å². The summed E-state index contributed by atoms with van der Waals surface area (Å²) in [5, 5.41) is 15.9. The Bertz CT molecular complexity index is 1390. The number of nitrogens with zero attached hydrogens (tertiary/aromatic N) is 6. The minimum Gasteiger partial charge on any atom is -0.330 e. The molecule has 176 valence electrons. The van der Waals surface area contributed by atoms with E-state index < -0.39 is 0 Å². The number of aromatic amines is 1. The summed E-state index contributed by atoms with van der Waals surface area (Å²) < 4.78 is 17.5. The first-order valence-electron chi connectivity index (χ1n) is 11.8. The van der Waals surface area contributed by atoms with Crippen LogP contribution in [-0.4, -0.2) is 41.1 Å². The third-order valence-corrected chi connectivity index (χ3v) is 6.37. The van der Waals surface area contributed by atoms with Crippen LogP contribution < -0.4 is 5.73 Å². The van der Waals surface area contributed by atoms with Gasteiger partial charge >= 0.3 is 0 Å². The van der Waals surface area contributed by atoms with Gasteiger partial charge in [0.2, 0.25) is 0 Å². The smallest absolute Gasteiger partial charge is 0.137 e. The van der Waals surface area contributed by atoms with E-state index in [0.29, 0.717) is 23.3 Å². The standard InChI is InChI=1S/C18H14FN7.C7H15N/c1-11-2-3-18-21-13(8-25(18)7-11)9-26-10-17(23-24-26)14-4-12(19)5-16-15(14)6-20-22-16;8-6-7-4-2-1-3-5-7/h2-8,10H,9H2,1H3,(H,20,22);7H,1-6,8H2. The van der Waals surface area contributed by atoms with Crippen molar-refractivity contribution < 1.29 is 4.39 Å². The van der Waals surface area contributed by atoms with E-state index in [9.17, 15) is 4.39 Å². The van der Waals surface area contributed by atoms with Crippen LogP contribution in [-0.2, 0) is 6.54 Å². The molecule has 4 aromatic heterocycles. The summed E-state index contributed by atoms with van der Waals surface area (Å²) in [6.07, 6.45) is 14.5. The molecule has 0 bridgehead atoms. The van der Waals surface area contributed by atoms with Gasteiger partial charge < -0.3 is 10.1 Å². The Kier molecular flexibility index (Phi) is 6.35. The van der Waals surface area contributed by atoms with Gasteiger partial charge in [-0.25, -0.2) is 14.1 Å². The summed E-state index contributed by atoms with van der Waals surface area (Å²) in [7, 11) is 0. The van der Waals surface area contributed by atoms with Crippen LogP contribution in [0.3, 0.4) is 0 Å². The van der Waals surface area contributed by atoms with E-state index >= 15 is 0 Å². The van der Waals surface area contributed by atoms with Crippen LogP contribution in [0.25, 0.3) is 27.8 Å². The Labute approximate surface area is 197 Å².